The number of hydrogen-bond donors (Lipinski definition) is 1. The Bertz CT molecular complexity index is 725. The lowest BCUT2D eigenvalue weighted by Crippen LogP contribution is -2.43. The van der Waals surface area contributed by atoms with E-state index in [4.69, 9.17) is 4.74 Å². The number of nitrogens with one attached hydrogen (secondary N) is 1. The summed E-state index contributed by atoms with van der Waals surface area (Å²) in [6.07, 6.45) is 11.0. The average molecular weight is 388 g/mol. The summed E-state index contributed by atoms with van der Waals surface area (Å²) in [4.78, 5) is 27.1. The summed E-state index contributed by atoms with van der Waals surface area (Å²) in [5, 5.41) is 0. The fourth-order valence-electron chi connectivity index (χ4n) is 6.07. The van der Waals surface area contributed by atoms with Gasteiger partial charge in [-0.25, -0.2) is 4.79 Å². The van der Waals surface area contributed by atoms with Crippen LogP contribution >= 0.6 is 0 Å². The SMILES string of the molecule is CC(C)CCC[C@@H](C)[C@H]1CC[C@H]2[C@@H](OC(=O)c3ccc[nH]c3=O)CCC[C@]12C. The molecule has 0 bridgehead atoms. The summed E-state index contributed by atoms with van der Waals surface area (Å²) in [5.41, 5.74) is 0.00401. The van der Waals surface area contributed by atoms with Crippen LogP contribution in [0.4, 0.5) is 0 Å². The number of fused-ring (bicyclic) bond motifs is 1. The van der Waals surface area contributed by atoms with Gasteiger partial charge in [-0.3, -0.25) is 4.79 Å². The van der Waals surface area contributed by atoms with Crippen LogP contribution < -0.4 is 5.56 Å². The largest absolute Gasteiger partial charge is 0.458 e. The Morgan fingerprint density at radius 1 is 1.25 bits per heavy atom. The number of hydrogen-bond acceptors (Lipinski definition) is 3. The zero-order valence-corrected chi connectivity index (χ0v) is 18.0. The predicted octanol–water partition coefficient (Wildman–Crippen LogP) is 5.58. The normalized spacial score (nSPS) is 30.8. The summed E-state index contributed by atoms with van der Waals surface area (Å²) < 4.78 is 5.92. The van der Waals surface area contributed by atoms with Gasteiger partial charge in [0, 0.05) is 12.1 Å². The van der Waals surface area contributed by atoms with Crippen molar-refractivity contribution in [1.82, 2.24) is 4.98 Å². The summed E-state index contributed by atoms with van der Waals surface area (Å²) >= 11 is 0. The number of pyridine rings is 1. The maximum Gasteiger partial charge on any atom is 0.344 e. The van der Waals surface area contributed by atoms with Crippen molar-refractivity contribution in [2.24, 2.45) is 29.1 Å². The smallest absolute Gasteiger partial charge is 0.344 e. The van der Waals surface area contributed by atoms with Crippen LogP contribution in [0.5, 0.6) is 0 Å². The first-order valence-corrected chi connectivity index (χ1v) is 11.2. The molecule has 2 aliphatic rings. The third-order valence-electron chi connectivity index (χ3n) is 7.56. The van der Waals surface area contributed by atoms with Crippen molar-refractivity contribution in [1.29, 1.82) is 0 Å². The minimum absolute atomic E-state index is 0.0567. The topological polar surface area (TPSA) is 59.2 Å². The number of aromatic amines is 1. The van der Waals surface area contributed by atoms with Crippen LogP contribution in [-0.2, 0) is 4.74 Å². The summed E-state index contributed by atoms with van der Waals surface area (Å²) in [6, 6.07) is 3.23. The van der Waals surface area contributed by atoms with Crippen molar-refractivity contribution in [3.05, 3.63) is 34.2 Å². The molecule has 4 nitrogen and oxygen atoms in total. The molecular weight excluding hydrogens is 350 g/mol. The van der Waals surface area contributed by atoms with Crippen molar-refractivity contribution in [2.75, 3.05) is 0 Å². The van der Waals surface area contributed by atoms with E-state index in [0.717, 1.165) is 31.1 Å². The molecule has 5 atom stereocenters. The van der Waals surface area contributed by atoms with Crippen molar-refractivity contribution < 1.29 is 9.53 Å². The molecule has 4 heteroatoms. The van der Waals surface area contributed by atoms with E-state index in [1.807, 2.05) is 0 Å². The van der Waals surface area contributed by atoms with Crippen LogP contribution in [0, 0.1) is 29.1 Å². The standard InChI is InChI=1S/C24H37NO3/c1-16(2)8-5-9-17(3)19-12-13-20-21(11-6-14-24(19,20)4)28-23(27)18-10-7-15-25-22(18)26/h7,10,15-17,19-21H,5-6,8-9,11-14H2,1-4H3,(H,25,26)/t17-,19-,20+,21+,24-/m1/s1. The molecule has 0 aromatic carbocycles. The minimum atomic E-state index is -0.468. The molecule has 1 heterocycles. The van der Waals surface area contributed by atoms with Gasteiger partial charge in [0.05, 0.1) is 0 Å². The predicted molar refractivity (Wildman–Crippen MR) is 112 cm³/mol. The molecule has 0 spiro atoms. The molecule has 28 heavy (non-hydrogen) atoms. The van der Waals surface area contributed by atoms with Gasteiger partial charge < -0.3 is 9.72 Å². The summed E-state index contributed by atoms with van der Waals surface area (Å²) in [7, 11) is 0. The lowest BCUT2D eigenvalue weighted by Gasteiger charge is -2.46. The van der Waals surface area contributed by atoms with E-state index >= 15 is 0 Å². The average Bonchev–Trinajstić information content (AvgIpc) is 2.99. The highest BCUT2D eigenvalue weighted by Gasteiger charge is 2.53. The molecule has 1 N–H and O–H groups in total. The number of H-pyrrole nitrogens is 1. The Labute approximate surface area is 169 Å². The van der Waals surface area contributed by atoms with E-state index < -0.39 is 5.97 Å². The van der Waals surface area contributed by atoms with E-state index in [1.165, 1.54) is 32.1 Å². The van der Waals surface area contributed by atoms with Gasteiger partial charge in [-0.15, -0.1) is 0 Å². The fourth-order valence-corrected chi connectivity index (χ4v) is 6.07. The molecule has 0 saturated heterocycles. The van der Waals surface area contributed by atoms with E-state index in [9.17, 15) is 9.59 Å². The van der Waals surface area contributed by atoms with Crippen LogP contribution in [0.25, 0.3) is 0 Å². The Morgan fingerprint density at radius 2 is 2.04 bits per heavy atom. The maximum absolute atomic E-state index is 12.6. The highest BCUT2D eigenvalue weighted by atomic mass is 16.5. The van der Waals surface area contributed by atoms with Crippen molar-refractivity contribution >= 4 is 5.97 Å². The van der Waals surface area contributed by atoms with Gasteiger partial charge in [0.15, 0.2) is 0 Å². The zero-order chi connectivity index (χ0) is 20.3. The third kappa shape index (κ3) is 4.36. The first kappa shape index (κ1) is 21.1. The Kier molecular flexibility index (Phi) is 6.67. The number of aromatic nitrogens is 1. The van der Waals surface area contributed by atoms with Crippen LogP contribution in [0.15, 0.2) is 23.1 Å². The van der Waals surface area contributed by atoms with Crippen molar-refractivity contribution in [3.8, 4) is 0 Å². The number of rotatable bonds is 7. The minimum Gasteiger partial charge on any atom is -0.458 e. The van der Waals surface area contributed by atoms with Crippen molar-refractivity contribution in [2.45, 2.75) is 85.2 Å². The summed E-state index contributed by atoms with van der Waals surface area (Å²) in [6.45, 7) is 9.46. The second kappa shape index (κ2) is 8.84. The Hall–Kier alpha value is -1.58. The molecule has 2 aliphatic carbocycles. The molecule has 3 rings (SSSR count). The lowest BCUT2D eigenvalue weighted by atomic mass is 9.61. The van der Waals surface area contributed by atoms with Gasteiger partial charge in [-0.05, 0) is 67.4 Å². The second-order valence-electron chi connectivity index (χ2n) is 9.85. The quantitative estimate of drug-likeness (QED) is 0.621. The van der Waals surface area contributed by atoms with Gasteiger partial charge >= 0.3 is 5.97 Å². The number of esters is 1. The number of ether oxygens (including phenoxy) is 1. The van der Waals surface area contributed by atoms with E-state index in [2.05, 4.69) is 32.7 Å². The fraction of sp³-hybridized carbons (Fsp3) is 0.750. The van der Waals surface area contributed by atoms with Gasteiger partial charge in [0.2, 0.25) is 0 Å². The lowest BCUT2D eigenvalue weighted by molar-refractivity contribution is -0.0474. The zero-order valence-electron chi connectivity index (χ0n) is 18.0. The van der Waals surface area contributed by atoms with Crippen LogP contribution in [0.3, 0.4) is 0 Å². The first-order valence-electron chi connectivity index (χ1n) is 11.2. The van der Waals surface area contributed by atoms with Gasteiger partial charge in [-0.2, -0.15) is 0 Å². The summed E-state index contributed by atoms with van der Waals surface area (Å²) in [5.74, 6) is 2.17. The van der Waals surface area contributed by atoms with Crippen LogP contribution in [0.1, 0.15) is 89.4 Å². The van der Waals surface area contributed by atoms with Gasteiger partial charge in [0.1, 0.15) is 11.7 Å². The van der Waals surface area contributed by atoms with E-state index in [1.54, 1.807) is 18.3 Å². The Morgan fingerprint density at radius 3 is 2.75 bits per heavy atom. The van der Waals surface area contributed by atoms with Gasteiger partial charge in [0.25, 0.3) is 5.56 Å². The van der Waals surface area contributed by atoms with Crippen molar-refractivity contribution in [3.63, 3.8) is 0 Å². The van der Waals surface area contributed by atoms with Crippen LogP contribution in [-0.4, -0.2) is 17.1 Å². The first-order chi connectivity index (χ1) is 13.3. The molecule has 2 fully saturated rings. The molecule has 1 aromatic rings. The molecular formula is C24H37NO3. The van der Waals surface area contributed by atoms with Crippen LogP contribution in [0.2, 0.25) is 0 Å². The Balaban J connectivity index is 1.67. The third-order valence-corrected chi connectivity index (χ3v) is 7.56. The monoisotopic (exact) mass is 387 g/mol. The molecule has 156 valence electrons. The number of carbonyl (C=O) groups excluding carboxylic acids is 1. The molecule has 1 aromatic heterocycles. The molecule has 2 saturated carbocycles. The molecule has 0 aliphatic heterocycles. The second-order valence-corrected chi connectivity index (χ2v) is 9.85. The maximum atomic E-state index is 12.6. The highest BCUT2D eigenvalue weighted by Crippen LogP contribution is 2.58. The number of carbonyl (C=O) groups is 1. The van der Waals surface area contributed by atoms with Gasteiger partial charge in [-0.1, -0.05) is 47.0 Å². The molecule has 0 radical (unpaired) electrons. The molecule has 0 unspecified atom stereocenters. The highest BCUT2D eigenvalue weighted by molar-refractivity contribution is 5.89. The van der Waals surface area contributed by atoms with E-state index in [-0.39, 0.29) is 22.6 Å². The van der Waals surface area contributed by atoms with E-state index in [0.29, 0.717) is 11.8 Å². The molecule has 0 amide bonds.